The first-order valence-electron chi connectivity index (χ1n) is 6.05. The van der Waals surface area contributed by atoms with Crippen LogP contribution in [-0.4, -0.2) is 23.5 Å². The number of carbonyl (C=O) groups excluding carboxylic acids is 2. The molecule has 2 bridgehead atoms. The molecule has 0 saturated heterocycles. The van der Waals surface area contributed by atoms with Gasteiger partial charge >= 0.3 is 5.97 Å². The zero-order valence-electron chi connectivity index (χ0n) is 10.4. The minimum absolute atomic E-state index is 0.00981. The molecule has 2 fully saturated rings. The van der Waals surface area contributed by atoms with Gasteiger partial charge in [-0.1, -0.05) is 13.8 Å². The Morgan fingerprint density at radius 3 is 2.47 bits per heavy atom. The first kappa shape index (κ1) is 12.1. The quantitative estimate of drug-likeness (QED) is 0.454. The van der Waals surface area contributed by atoms with Crippen molar-refractivity contribution in [1.82, 2.24) is 0 Å². The van der Waals surface area contributed by atoms with Crippen LogP contribution in [0.5, 0.6) is 0 Å². The largest absolute Gasteiger partial charge is 0.502 e. The fourth-order valence-electron chi connectivity index (χ4n) is 3.26. The zero-order chi connectivity index (χ0) is 12.8. The number of ketones is 1. The molecular weight excluding hydrogens is 220 g/mol. The molecule has 0 amide bonds. The molecule has 0 heterocycles. The first-order chi connectivity index (χ1) is 7.91. The Balaban J connectivity index is 2.38. The Morgan fingerprint density at radius 2 is 2.00 bits per heavy atom. The van der Waals surface area contributed by atoms with Crippen LogP contribution in [-0.2, 0) is 14.3 Å². The minimum Gasteiger partial charge on any atom is -0.502 e. The van der Waals surface area contributed by atoms with Crippen molar-refractivity contribution >= 4 is 11.8 Å². The zero-order valence-corrected chi connectivity index (χ0v) is 10.4. The molecule has 4 nitrogen and oxygen atoms in total. The number of rotatable bonds is 2. The van der Waals surface area contributed by atoms with Crippen molar-refractivity contribution in [3.05, 3.63) is 11.3 Å². The van der Waals surface area contributed by atoms with Crippen LogP contribution in [0.4, 0.5) is 0 Å². The standard InChI is InChI=1S/C13H18O4/c1-4-17-12(16)11(15)9-7-5-6-8(10(9)14)13(7,2)3/h7-8,15H,4-6H2,1-3H3/t7-,8-/m1/s1. The van der Waals surface area contributed by atoms with E-state index in [-0.39, 0.29) is 29.6 Å². The van der Waals surface area contributed by atoms with Crippen molar-refractivity contribution in [2.75, 3.05) is 6.61 Å². The van der Waals surface area contributed by atoms with Gasteiger partial charge in [-0.3, -0.25) is 4.79 Å². The SMILES string of the molecule is CCOC(=O)C(O)=C1C(=O)[C@H]2CC[C@H]1C2(C)C. The number of hydrogen-bond donors (Lipinski definition) is 1. The molecule has 0 aromatic rings. The van der Waals surface area contributed by atoms with E-state index in [0.717, 1.165) is 12.8 Å². The van der Waals surface area contributed by atoms with Crippen molar-refractivity contribution in [2.24, 2.45) is 17.3 Å². The maximum atomic E-state index is 12.1. The van der Waals surface area contributed by atoms with Gasteiger partial charge < -0.3 is 9.84 Å². The monoisotopic (exact) mass is 238 g/mol. The third-order valence-corrected chi connectivity index (χ3v) is 4.19. The van der Waals surface area contributed by atoms with Gasteiger partial charge in [0.05, 0.1) is 6.61 Å². The second kappa shape index (κ2) is 3.86. The molecule has 2 atom stereocenters. The predicted octanol–water partition coefficient (Wildman–Crippen LogP) is 2.00. The summed E-state index contributed by atoms with van der Waals surface area (Å²) in [7, 11) is 0. The van der Waals surface area contributed by atoms with Crippen LogP contribution in [0.15, 0.2) is 11.3 Å². The summed E-state index contributed by atoms with van der Waals surface area (Å²) < 4.78 is 4.74. The summed E-state index contributed by atoms with van der Waals surface area (Å²) in [5.41, 5.74) is 0.150. The van der Waals surface area contributed by atoms with E-state index < -0.39 is 11.7 Å². The fraction of sp³-hybridized carbons (Fsp3) is 0.692. The molecule has 0 spiro atoms. The lowest BCUT2D eigenvalue weighted by molar-refractivity contribution is -0.142. The Kier molecular flexibility index (Phi) is 2.76. The van der Waals surface area contributed by atoms with Gasteiger partial charge in [-0.05, 0) is 31.1 Å². The van der Waals surface area contributed by atoms with E-state index in [0.29, 0.717) is 5.57 Å². The Morgan fingerprint density at radius 1 is 1.41 bits per heavy atom. The van der Waals surface area contributed by atoms with Crippen LogP contribution in [0.3, 0.4) is 0 Å². The topological polar surface area (TPSA) is 63.6 Å². The smallest absolute Gasteiger partial charge is 0.373 e. The van der Waals surface area contributed by atoms with Crippen LogP contribution in [0.1, 0.15) is 33.6 Å². The molecule has 2 aliphatic carbocycles. The fourth-order valence-corrected chi connectivity index (χ4v) is 3.26. The Bertz CT molecular complexity index is 406. The van der Waals surface area contributed by atoms with E-state index in [1.54, 1.807) is 6.92 Å². The number of Topliss-reactive ketones (excluding diaryl/α,β-unsaturated/α-hetero) is 1. The summed E-state index contributed by atoms with van der Waals surface area (Å²) >= 11 is 0. The van der Waals surface area contributed by atoms with Crippen molar-refractivity contribution in [3.63, 3.8) is 0 Å². The average molecular weight is 238 g/mol. The number of allylic oxidation sites excluding steroid dienone is 1. The highest BCUT2D eigenvalue weighted by molar-refractivity contribution is 6.07. The highest BCUT2D eigenvalue weighted by Crippen LogP contribution is 2.58. The minimum atomic E-state index is -0.779. The van der Waals surface area contributed by atoms with Crippen molar-refractivity contribution in [2.45, 2.75) is 33.6 Å². The first-order valence-corrected chi connectivity index (χ1v) is 6.05. The number of fused-ring (bicyclic) bond motifs is 2. The maximum Gasteiger partial charge on any atom is 0.373 e. The van der Waals surface area contributed by atoms with E-state index in [1.807, 2.05) is 13.8 Å². The molecule has 2 saturated carbocycles. The maximum absolute atomic E-state index is 12.1. The van der Waals surface area contributed by atoms with Crippen molar-refractivity contribution < 1.29 is 19.4 Å². The van der Waals surface area contributed by atoms with Gasteiger partial charge in [0.2, 0.25) is 5.76 Å². The van der Waals surface area contributed by atoms with E-state index in [9.17, 15) is 14.7 Å². The number of carbonyl (C=O) groups is 2. The predicted molar refractivity (Wildman–Crippen MR) is 61.3 cm³/mol. The van der Waals surface area contributed by atoms with Gasteiger partial charge in [0, 0.05) is 11.5 Å². The van der Waals surface area contributed by atoms with Crippen LogP contribution < -0.4 is 0 Å². The number of aliphatic hydroxyl groups excluding tert-OH is 1. The van der Waals surface area contributed by atoms with Crippen LogP contribution in [0, 0.1) is 17.3 Å². The molecule has 4 heteroatoms. The van der Waals surface area contributed by atoms with Gasteiger partial charge in [-0.15, -0.1) is 0 Å². The number of esters is 1. The van der Waals surface area contributed by atoms with Gasteiger partial charge in [0.25, 0.3) is 0 Å². The molecule has 2 aliphatic rings. The van der Waals surface area contributed by atoms with Gasteiger partial charge in [0.15, 0.2) is 5.78 Å². The lowest BCUT2D eigenvalue weighted by atomic mass is 9.81. The highest BCUT2D eigenvalue weighted by Gasteiger charge is 2.57. The average Bonchev–Trinajstić information content (AvgIpc) is 2.64. The van der Waals surface area contributed by atoms with E-state index in [4.69, 9.17) is 4.74 Å². The van der Waals surface area contributed by atoms with Gasteiger partial charge in [0.1, 0.15) is 0 Å². The van der Waals surface area contributed by atoms with Crippen LogP contribution >= 0.6 is 0 Å². The van der Waals surface area contributed by atoms with Crippen LogP contribution in [0.25, 0.3) is 0 Å². The summed E-state index contributed by atoms with van der Waals surface area (Å²) in [5.74, 6) is -1.39. The lowest BCUT2D eigenvalue weighted by Crippen LogP contribution is -2.19. The molecular formula is C13H18O4. The molecule has 94 valence electrons. The summed E-state index contributed by atoms with van der Waals surface area (Å²) in [6.45, 7) is 5.92. The molecule has 0 unspecified atom stereocenters. The number of hydrogen-bond acceptors (Lipinski definition) is 4. The highest BCUT2D eigenvalue weighted by atomic mass is 16.5. The summed E-state index contributed by atoms with van der Waals surface area (Å²) in [6.07, 6.45) is 1.72. The molecule has 1 N–H and O–H groups in total. The van der Waals surface area contributed by atoms with E-state index >= 15 is 0 Å². The normalized spacial score (nSPS) is 32.8. The third-order valence-electron chi connectivity index (χ3n) is 4.19. The number of aliphatic hydroxyl groups is 1. The molecule has 0 aromatic carbocycles. The second-order valence-electron chi connectivity index (χ2n) is 5.35. The summed E-state index contributed by atoms with van der Waals surface area (Å²) in [6, 6.07) is 0. The molecule has 0 aliphatic heterocycles. The second-order valence-corrected chi connectivity index (χ2v) is 5.35. The van der Waals surface area contributed by atoms with E-state index in [2.05, 4.69) is 0 Å². The van der Waals surface area contributed by atoms with E-state index in [1.165, 1.54) is 0 Å². The van der Waals surface area contributed by atoms with Crippen LogP contribution in [0.2, 0.25) is 0 Å². The molecule has 0 aromatic heterocycles. The Labute approximate surface area is 101 Å². The molecule has 2 rings (SSSR count). The van der Waals surface area contributed by atoms with Gasteiger partial charge in [-0.25, -0.2) is 4.79 Å². The lowest BCUT2D eigenvalue weighted by Gasteiger charge is -2.22. The molecule has 0 radical (unpaired) electrons. The Hall–Kier alpha value is -1.32. The van der Waals surface area contributed by atoms with Crippen molar-refractivity contribution in [3.8, 4) is 0 Å². The van der Waals surface area contributed by atoms with Gasteiger partial charge in [-0.2, -0.15) is 0 Å². The summed E-state index contributed by atoms with van der Waals surface area (Å²) in [4.78, 5) is 23.6. The number of ether oxygens (including phenoxy) is 1. The third kappa shape index (κ3) is 1.58. The molecule has 17 heavy (non-hydrogen) atoms. The van der Waals surface area contributed by atoms with Crippen molar-refractivity contribution in [1.29, 1.82) is 0 Å². The summed E-state index contributed by atoms with van der Waals surface area (Å²) in [5, 5.41) is 9.86.